The lowest BCUT2D eigenvalue weighted by molar-refractivity contribution is 0.0398. The number of fused-ring (bicyclic) bond motifs is 2. The van der Waals surface area contributed by atoms with Crippen LogP contribution in [-0.2, 0) is 14.8 Å². The van der Waals surface area contributed by atoms with Crippen molar-refractivity contribution in [2.45, 2.75) is 18.7 Å². The lowest BCUT2D eigenvalue weighted by Crippen LogP contribution is -2.39. The van der Waals surface area contributed by atoms with Gasteiger partial charge in [0.1, 0.15) is 17.3 Å². The minimum Gasteiger partial charge on any atom is -0.384 e. The molecule has 0 spiro atoms. The smallest absolute Gasteiger partial charge is 0.268 e. The largest absolute Gasteiger partial charge is 0.384 e. The lowest BCUT2D eigenvalue weighted by atomic mass is 10.1. The maximum atomic E-state index is 14.3. The van der Waals surface area contributed by atoms with Crippen LogP contribution in [0.25, 0.3) is 27.6 Å². The molecule has 6 aromatic rings. The van der Waals surface area contributed by atoms with E-state index in [1.165, 1.54) is 10.9 Å². The number of hydrogen-bond donors (Lipinski definition) is 3. The molecule has 0 atom stereocenters. The number of nitrogen functional groups attached to an aromatic ring is 1. The van der Waals surface area contributed by atoms with Gasteiger partial charge in [0.2, 0.25) is 5.78 Å². The number of carbonyl (C=O) groups excluding carboxylic acids is 1. The van der Waals surface area contributed by atoms with Gasteiger partial charge in [-0.2, -0.15) is 5.10 Å². The van der Waals surface area contributed by atoms with Crippen molar-refractivity contribution >= 4 is 49.2 Å². The third-order valence-electron chi connectivity index (χ3n) is 8.29. The summed E-state index contributed by atoms with van der Waals surface area (Å²) in [5.74, 6) is 0.307. The molecule has 0 saturated carbocycles. The number of aromatic nitrogens is 5. The summed E-state index contributed by atoms with van der Waals surface area (Å²) in [6.45, 7) is 8.43. The van der Waals surface area contributed by atoms with Crippen LogP contribution >= 0.6 is 0 Å². The summed E-state index contributed by atoms with van der Waals surface area (Å²) < 4.78 is 36.5. The Morgan fingerprint density at radius 2 is 1.80 bits per heavy atom. The van der Waals surface area contributed by atoms with Gasteiger partial charge in [-0.25, -0.2) is 22.1 Å². The first-order chi connectivity index (χ1) is 22.2. The summed E-state index contributed by atoms with van der Waals surface area (Å²) in [6.07, 6.45) is 1.37. The van der Waals surface area contributed by atoms with Gasteiger partial charge in [-0.15, -0.1) is 0 Å². The molecular formula is C33H34N8O4S. The highest BCUT2D eigenvalue weighted by Gasteiger charge is 2.29. The molecule has 46 heavy (non-hydrogen) atoms. The lowest BCUT2D eigenvalue weighted by Gasteiger charge is -2.26. The topological polar surface area (TPSA) is 153 Å². The number of H-pyrrole nitrogens is 1. The van der Waals surface area contributed by atoms with Crippen molar-refractivity contribution in [2.75, 3.05) is 50.4 Å². The van der Waals surface area contributed by atoms with Crippen molar-refractivity contribution in [2.24, 2.45) is 0 Å². The number of carbonyl (C=O) groups is 1. The number of nitrogens with two attached hydrogens (primary N) is 1. The molecular weight excluding hydrogens is 604 g/mol. The van der Waals surface area contributed by atoms with E-state index in [0.29, 0.717) is 23.1 Å². The molecule has 1 aliphatic heterocycles. The number of aryl methyl sites for hydroxylation is 2. The number of ketones is 1. The van der Waals surface area contributed by atoms with E-state index in [1.54, 1.807) is 36.4 Å². The Balaban J connectivity index is 1.28. The van der Waals surface area contributed by atoms with Crippen molar-refractivity contribution < 1.29 is 17.9 Å². The predicted octanol–water partition coefficient (Wildman–Crippen LogP) is 4.11. The van der Waals surface area contributed by atoms with Gasteiger partial charge in [0, 0.05) is 37.3 Å². The van der Waals surface area contributed by atoms with E-state index < -0.39 is 15.8 Å². The third kappa shape index (κ3) is 5.42. The quantitative estimate of drug-likeness (QED) is 0.199. The van der Waals surface area contributed by atoms with Crippen LogP contribution in [0.4, 0.5) is 11.5 Å². The van der Waals surface area contributed by atoms with Crippen molar-refractivity contribution in [3.05, 3.63) is 95.6 Å². The molecule has 1 saturated heterocycles. The van der Waals surface area contributed by atoms with E-state index in [9.17, 15) is 13.2 Å². The van der Waals surface area contributed by atoms with Gasteiger partial charge in [-0.05, 0) is 62.4 Å². The predicted molar refractivity (Wildman–Crippen MR) is 177 cm³/mol. The van der Waals surface area contributed by atoms with Crippen LogP contribution in [0.1, 0.15) is 27.4 Å². The van der Waals surface area contributed by atoms with Crippen LogP contribution in [0, 0.1) is 13.8 Å². The average Bonchev–Trinajstić information content (AvgIpc) is 3.74. The monoisotopic (exact) mass is 638 g/mol. The number of ether oxygens (including phenoxy) is 1. The molecule has 4 N–H and O–H groups in total. The molecule has 0 amide bonds. The zero-order chi connectivity index (χ0) is 32.0. The number of aromatic amines is 1. The Hall–Kier alpha value is -4.98. The Bertz CT molecular complexity index is 2190. The maximum Gasteiger partial charge on any atom is 0.268 e. The fourth-order valence-corrected chi connectivity index (χ4v) is 7.34. The number of morpholine rings is 1. The summed E-state index contributed by atoms with van der Waals surface area (Å²) >= 11 is 0. The van der Waals surface area contributed by atoms with Crippen LogP contribution in [0.2, 0.25) is 0 Å². The van der Waals surface area contributed by atoms with Gasteiger partial charge in [-0.3, -0.25) is 9.69 Å². The fraction of sp³-hybridized carbons (Fsp3) is 0.242. The Kier molecular flexibility index (Phi) is 7.59. The second-order valence-electron chi connectivity index (χ2n) is 11.5. The van der Waals surface area contributed by atoms with Crippen molar-refractivity contribution in [3.63, 3.8) is 0 Å². The second-order valence-corrected chi connectivity index (χ2v) is 13.3. The minimum atomic E-state index is -4.19. The first kappa shape index (κ1) is 29.7. The van der Waals surface area contributed by atoms with Gasteiger partial charge < -0.3 is 20.8 Å². The summed E-state index contributed by atoms with van der Waals surface area (Å²) in [5.41, 5.74) is 10.8. The fourth-order valence-electron chi connectivity index (χ4n) is 5.84. The van der Waals surface area contributed by atoms with Crippen LogP contribution < -0.4 is 11.1 Å². The molecule has 3 aromatic carbocycles. The SMILES string of the molecule is Cc1ccc(S(=O)(=O)n2c(C(=O)c3cnn(-c4ccc5nc(C)[nH]c5c4)c3N)cc3ccc(NCCN4CCOCC4)cc32)cc1. The number of nitrogens with zero attached hydrogens (tertiary/aromatic N) is 5. The summed E-state index contributed by atoms with van der Waals surface area (Å²) in [5, 5.41) is 8.41. The van der Waals surface area contributed by atoms with E-state index in [0.717, 1.165) is 64.9 Å². The molecule has 1 aliphatic rings. The molecule has 0 bridgehead atoms. The van der Waals surface area contributed by atoms with Gasteiger partial charge in [0.05, 0.1) is 52.1 Å². The van der Waals surface area contributed by atoms with E-state index in [2.05, 4.69) is 25.3 Å². The molecule has 4 heterocycles. The van der Waals surface area contributed by atoms with Crippen LogP contribution in [-0.4, -0.2) is 82.2 Å². The average molecular weight is 639 g/mol. The Labute approximate surface area is 265 Å². The molecule has 0 unspecified atom stereocenters. The number of hydrogen-bond acceptors (Lipinski definition) is 9. The zero-order valence-corrected chi connectivity index (χ0v) is 26.3. The molecule has 236 valence electrons. The molecule has 13 heteroatoms. The molecule has 1 fully saturated rings. The molecule has 12 nitrogen and oxygen atoms in total. The second kappa shape index (κ2) is 11.7. The minimum absolute atomic E-state index is 0.0352. The zero-order valence-electron chi connectivity index (χ0n) is 25.5. The third-order valence-corrected chi connectivity index (χ3v) is 10.0. The maximum absolute atomic E-state index is 14.3. The summed E-state index contributed by atoms with van der Waals surface area (Å²) in [6, 6.07) is 19.1. The number of rotatable bonds is 9. The number of benzene rings is 3. The van der Waals surface area contributed by atoms with E-state index in [4.69, 9.17) is 10.5 Å². The van der Waals surface area contributed by atoms with E-state index in [-0.39, 0.29) is 22.0 Å². The van der Waals surface area contributed by atoms with Crippen molar-refractivity contribution in [1.29, 1.82) is 0 Å². The Morgan fingerprint density at radius 3 is 2.59 bits per heavy atom. The first-order valence-corrected chi connectivity index (χ1v) is 16.5. The van der Waals surface area contributed by atoms with Gasteiger partial charge in [0.15, 0.2) is 0 Å². The number of anilines is 2. The Morgan fingerprint density at radius 1 is 1.02 bits per heavy atom. The first-order valence-electron chi connectivity index (χ1n) is 15.1. The summed E-state index contributed by atoms with van der Waals surface area (Å²) in [7, 11) is -4.19. The normalized spacial score (nSPS) is 14.3. The standard InChI is InChI=1S/C33H34N8O4S/c1-21-3-8-26(9-4-21)46(43,44)41-30-18-24(35-11-12-39-13-15-45-16-14-39)6-5-23(30)17-31(41)32(42)27-20-36-40(33(27)34)25-7-10-28-29(19-25)38-22(2)37-28/h3-10,17-20,35H,11-16,34H2,1-2H3,(H,37,38). The van der Waals surface area contributed by atoms with Crippen LogP contribution in [0.3, 0.4) is 0 Å². The van der Waals surface area contributed by atoms with Crippen LogP contribution in [0.15, 0.2) is 77.8 Å². The van der Waals surface area contributed by atoms with Crippen molar-refractivity contribution in [1.82, 2.24) is 28.6 Å². The van der Waals surface area contributed by atoms with Crippen LogP contribution in [0.5, 0.6) is 0 Å². The number of imidazole rings is 1. The van der Waals surface area contributed by atoms with Crippen molar-refractivity contribution in [3.8, 4) is 5.69 Å². The van der Waals surface area contributed by atoms with E-state index in [1.807, 2.05) is 44.2 Å². The molecule has 0 radical (unpaired) electrons. The van der Waals surface area contributed by atoms with Gasteiger partial charge in [0.25, 0.3) is 10.0 Å². The summed E-state index contributed by atoms with van der Waals surface area (Å²) in [4.78, 5) is 24.2. The number of nitrogens with one attached hydrogen (secondary N) is 2. The molecule has 3 aromatic heterocycles. The van der Waals surface area contributed by atoms with Gasteiger partial charge >= 0.3 is 0 Å². The highest BCUT2D eigenvalue weighted by molar-refractivity contribution is 7.90. The van der Waals surface area contributed by atoms with E-state index >= 15 is 0 Å². The highest BCUT2D eigenvalue weighted by atomic mass is 32.2. The molecule has 7 rings (SSSR count). The van der Waals surface area contributed by atoms with Gasteiger partial charge in [-0.1, -0.05) is 23.8 Å². The highest BCUT2D eigenvalue weighted by Crippen LogP contribution is 2.31. The molecule has 0 aliphatic carbocycles.